The first kappa shape index (κ1) is 26.2. The minimum atomic E-state index is -3.84. The summed E-state index contributed by atoms with van der Waals surface area (Å²) in [6.07, 6.45) is 4.06. The number of carbonyl (C=O) groups excluding carboxylic acids is 2. The number of halogens is 1. The zero-order chi connectivity index (χ0) is 24.7. The van der Waals surface area contributed by atoms with E-state index in [4.69, 9.17) is 11.6 Å². The highest BCUT2D eigenvalue weighted by molar-refractivity contribution is 7.89. The molecule has 1 fully saturated rings. The number of nitrogens with zero attached hydrogens (tertiary/aromatic N) is 1. The highest BCUT2D eigenvalue weighted by Gasteiger charge is 2.24. The summed E-state index contributed by atoms with van der Waals surface area (Å²) in [4.78, 5) is 25.8. The largest absolute Gasteiger partial charge is 0.359 e. The van der Waals surface area contributed by atoms with Crippen molar-refractivity contribution in [2.45, 2.75) is 43.9 Å². The summed E-state index contributed by atoms with van der Waals surface area (Å²) < 4.78 is 28.1. The molecule has 0 aliphatic carbocycles. The zero-order valence-electron chi connectivity index (χ0n) is 19.6. The highest BCUT2D eigenvalue weighted by atomic mass is 35.5. The normalized spacial score (nSPS) is 14.7. The number of carbonyl (C=O) groups is 2. The van der Waals surface area contributed by atoms with Crippen LogP contribution in [0.25, 0.3) is 11.1 Å². The molecule has 184 valence electrons. The van der Waals surface area contributed by atoms with E-state index in [1.807, 2.05) is 31.2 Å². The minimum absolute atomic E-state index is 0.0492. The Balaban J connectivity index is 1.53. The molecule has 7 nitrogen and oxygen atoms in total. The van der Waals surface area contributed by atoms with Crippen LogP contribution in [-0.4, -0.2) is 51.8 Å². The van der Waals surface area contributed by atoms with E-state index < -0.39 is 10.0 Å². The molecule has 2 aromatic carbocycles. The quantitative estimate of drug-likeness (QED) is 0.542. The number of rotatable bonds is 9. The fourth-order valence-corrected chi connectivity index (χ4v) is 5.31. The third kappa shape index (κ3) is 7.04. The van der Waals surface area contributed by atoms with E-state index in [0.717, 1.165) is 42.4 Å². The van der Waals surface area contributed by atoms with Crippen molar-refractivity contribution in [1.29, 1.82) is 0 Å². The molecule has 0 radical (unpaired) electrons. The van der Waals surface area contributed by atoms with Crippen LogP contribution in [0.3, 0.4) is 0 Å². The van der Waals surface area contributed by atoms with E-state index in [9.17, 15) is 18.0 Å². The monoisotopic (exact) mass is 505 g/mol. The molecule has 34 heavy (non-hydrogen) atoms. The molecule has 0 bridgehead atoms. The van der Waals surface area contributed by atoms with Crippen LogP contribution < -0.4 is 10.0 Å². The fraction of sp³-hybridized carbons (Fsp3) is 0.440. The van der Waals surface area contributed by atoms with Crippen molar-refractivity contribution in [3.63, 3.8) is 0 Å². The molecular weight excluding hydrogens is 474 g/mol. The Labute approximate surface area is 206 Å². The Morgan fingerprint density at radius 3 is 2.47 bits per heavy atom. The lowest BCUT2D eigenvalue weighted by Crippen LogP contribution is -2.44. The zero-order valence-corrected chi connectivity index (χ0v) is 21.2. The van der Waals surface area contributed by atoms with Gasteiger partial charge in [-0.1, -0.05) is 35.9 Å². The maximum atomic E-state index is 12.8. The van der Waals surface area contributed by atoms with Crippen molar-refractivity contribution in [3.05, 3.63) is 53.1 Å². The number of piperidine rings is 1. The van der Waals surface area contributed by atoms with Gasteiger partial charge in [-0.15, -0.1) is 0 Å². The predicted molar refractivity (Wildman–Crippen MR) is 134 cm³/mol. The van der Waals surface area contributed by atoms with Gasteiger partial charge in [-0.25, -0.2) is 13.1 Å². The summed E-state index contributed by atoms with van der Waals surface area (Å²) in [6.45, 7) is 2.85. The second-order valence-corrected chi connectivity index (χ2v) is 10.9. The van der Waals surface area contributed by atoms with Gasteiger partial charge < -0.3 is 10.2 Å². The Morgan fingerprint density at radius 2 is 1.79 bits per heavy atom. The van der Waals surface area contributed by atoms with Crippen LogP contribution in [0.1, 0.15) is 37.7 Å². The number of amides is 2. The van der Waals surface area contributed by atoms with Crippen LogP contribution in [0.15, 0.2) is 47.4 Å². The number of likely N-dealkylation sites (tertiary alicyclic amines) is 1. The first-order valence-corrected chi connectivity index (χ1v) is 13.4. The van der Waals surface area contributed by atoms with Gasteiger partial charge in [-0.2, -0.15) is 0 Å². The summed E-state index contributed by atoms with van der Waals surface area (Å²) in [5.41, 5.74) is 2.50. The van der Waals surface area contributed by atoms with Gasteiger partial charge in [0.25, 0.3) is 0 Å². The van der Waals surface area contributed by atoms with Crippen LogP contribution in [-0.2, 0) is 19.6 Å². The van der Waals surface area contributed by atoms with Gasteiger partial charge >= 0.3 is 0 Å². The molecule has 1 aliphatic rings. The number of nitrogens with one attached hydrogen (secondary N) is 2. The molecule has 0 aromatic heterocycles. The number of hydrogen-bond acceptors (Lipinski definition) is 4. The lowest BCUT2D eigenvalue weighted by molar-refractivity contribution is -0.131. The molecular formula is C25H32ClN3O4S. The summed E-state index contributed by atoms with van der Waals surface area (Å²) in [5.74, 6) is 0.311. The van der Waals surface area contributed by atoms with E-state index in [0.29, 0.717) is 30.5 Å². The molecule has 3 rings (SSSR count). The predicted octanol–water partition coefficient (Wildman–Crippen LogP) is 3.75. The molecule has 1 aliphatic heterocycles. The molecule has 2 amide bonds. The van der Waals surface area contributed by atoms with E-state index >= 15 is 0 Å². The first-order valence-electron chi connectivity index (χ1n) is 11.5. The van der Waals surface area contributed by atoms with Gasteiger partial charge in [0.2, 0.25) is 21.8 Å². The maximum absolute atomic E-state index is 12.8. The Hall–Kier alpha value is -2.42. The van der Waals surface area contributed by atoms with Gasteiger partial charge in [0.05, 0.1) is 11.4 Å². The average molecular weight is 506 g/mol. The molecule has 1 heterocycles. The Kier molecular flexibility index (Phi) is 9.10. The first-order chi connectivity index (χ1) is 16.2. The summed E-state index contributed by atoms with van der Waals surface area (Å²) in [6, 6.07) is 12.2. The molecule has 2 N–H and O–H groups in total. The van der Waals surface area contributed by atoms with Gasteiger partial charge in [0.1, 0.15) is 0 Å². The molecule has 2 aromatic rings. The minimum Gasteiger partial charge on any atom is -0.359 e. The summed E-state index contributed by atoms with van der Waals surface area (Å²) in [7, 11) is -2.21. The Bertz CT molecular complexity index is 1130. The topological polar surface area (TPSA) is 95.6 Å². The second kappa shape index (κ2) is 11.8. The van der Waals surface area contributed by atoms with E-state index in [-0.39, 0.29) is 23.3 Å². The van der Waals surface area contributed by atoms with Crippen molar-refractivity contribution in [2.24, 2.45) is 5.92 Å². The molecule has 0 spiro atoms. The second-order valence-electron chi connectivity index (χ2n) is 8.71. The highest BCUT2D eigenvalue weighted by Crippen LogP contribution is 2.27. The van der Waals surface area contributed by atoms with E-state index in [1.54, 1.807) is 24.1 Å². The summed E-state index contributed by atoms with van der Waals surface area (Å²) >= 11 is 6.22. The Morgan fingerprint density at radius 1 is 1.09 bits per heavy atom. The lowest BCUT2D eigenvalue weighted by Gasteiger charge is -2.32. The van der Waals surface area contributed by atoms with Gasteiger partial charge in [0, 0.05) is 31.6 Å². The van der Waals surface area contributed by atoms with Gasteiger partial charge in [-0.05, 0) is 73.4 Å². The van der Waals surface area contributed by atoms with Crippen molar-refractivity contribution in [2.75, 3.05) is 26.7 Å². The number of hydrogen-bond donors (Lipinski definition) is 2. The van der Waals surface area contributed by atoms with Crippen LogP contribution in [0, 0.1) is 12.8 Å². The van der Waals surface area contributed by atoms with E-state index in [1.165, 1.54) is 6.07 Å². The van der Waals surface area contributed by atoms with Crippen LogP contribution >= 0.6 is 11.6 Å². The van der Waals surface area contributed by atoms with Crippen LogP contribution in [0.5, 0.6) is 0 Å². The lowest BCUT2D eigenvalue weighted by atomic mass is 9.91. The maximum Gasteiger partial charge on any atom is 0.241 e. The van der Waals surface area contributed by atoms with Crippen molar-refractivity contribution in [3.8, 4) is 11.1 Å². The average Bonchev–Trinajstić information content (AvgIpc) is 2.84. The fourth-order valence-electron chi connectivity index (χ4n) is 4.11. The van der Waals surface area contributed by atoms with Crippen LogP contribution in [0.2, 0.25) is 5.02 Å². The molecule has 1 saturated heterocycles. The number of benzene rings is 2. The van der Waals surface area contributed by atoms with Crippen LogP contribution in [0.4, 0.5) is 0 Å². The number of aryl methyl sites for hydroxylation is 1. The molecule has 0 atom stereocenters. The molecule has 0 saturated carbocycles. The third-order valence-electron chi connectivity index (χ3n) is 6.33. The standard InChI is InChI=1S/C25H32ClN3O4S/c1-18-9-10-21(16-23(18)26)20-6-4-7-22(15-20)34(32,33)28-17-25(31)29-13-11-19(12-14-29)5-3-8-24(30)27-2/h4,6-7,9-10,15-16,19,28H,3,5,8,11-14,17H2,1-2H3,(H,27,30). The molecule has 0 unspecified atom stereocenters. The van der Waals surface area contributed by atoms with Gasteiger partial charge in [-0.3, -0.25) is 9.59 Å². The molecule has 9 heteroatoms. The van der Waals surface area contributed by atoms with Crippen molar-refractivity contribution in [1.82, 2.24) is 14.9 Å². The summed E-state index contributed by atoms with van der Waals surface area (Å²) in [5, 5.41) is 3.24. The smallest absolute Gasteiger partial charge is 0.241 e. The van der Waals surface area contributed by atoms with E-state index in [2.05, 4.69) is 10.0 Å². The van der Waals surface area contributed by atoms with Crippen molar-refractivity contribution >= 4 is 33.4 Å². The number of sulfonamides is 1. The van der Waals surface area contributed by atoms with Crippen molar-refractivity contribution < 1.29 is 18.0 Å². The third-order valence-corrected chi connectivity index (χ3v) is 8.13. The SMILES string of the molecule is CNC(=O)CCCC1CCN(C(=O)CNS(=O)(=O)c2cccc(-c3ccc(C)c(Cl)c3)c2)CC1. The van der Waals surface area contributed by atoms with Gasteiger partial charge in [0.15, 0.2) is 0 Å².